The predicted molar refractivity (Wildman–Crippen MR) is 63.3 cm³/mol. The van der Waals surface area contributed by atoms with Crippen LogP contribution in [-0.2, 0) is 9.47 Å². The van der Waals surface area contributed by atoms with Crippen LogP contribution in [0, 0.1) is 0 Å². The molecule has 0 heterocycles. The van der Waals surface area contributed by atoms with E-state index in [1.807, 2.05) is 0 Å². The second kappa shape index (κ2) is 10.4. The third-order valence-electron chi connectivity index (χ3n) is 2.37. The summed E-state index contributed by atoms with van der Waals surface area (Å²) < 4.78 is 10.1. The number of ether oxygens (including phenoxy) is 2. The Morgan fingerprint density at radius 1 is 1.00 bits per heavy atom. The summed E-state index contributed by atoms with van der Waals surface area (Å²) in [6.45, 7) is 9.99. The molecule has 0 radical (unpaired) electrons. The highest BCUT2D eigenvalue weighted by atomic mass is 16.5. The monoisotopic (exact) mass is 218 g/mol. The molecule has 0 aliphatic heterocycles. The van der Waals surface area contributed by atoms with E-state index in [0.29, 0.717) is 6.04 Å². The zero-order valence-corrected chi connectivity index (χ0v) is 10.6. The van der Waals surface area contributed by atoms with Crippen molar-refractivity contribution in [2.45, 2.75) is 19.9 Å². The van der Waals surface area contributed by atoms with Gasteiger partial charge in [-0.3, -0.25) is 4.90 Å². The van der Waals surface area contributed by atoms with Crippen molar-refractivity contribution in [1.29, 1.82) is 0 Å². The van der Waals surface area contributed by atoms with Crippen LogP contribution >= 0.6 is 0 Å². The first-order chi connectivity index (χ1) is 7.22. The summed E-state index contributed by atoms with van der Waals surface area (Å²) in [6.07, 6.45) is 0. The number of nitrogens with zero attached hydrogens (tertiary/aromatic N) is 1. The van der Waals surface area contributed by atoms with Crippen LogP contribution in [0.15, 0.2) is 0 Å². The van der Waals surface area contributed by atoms with Gasteiger partial charge in [0.25, 0.3) is 0 Å². The maximum absolute atomic E-state index is 5.09. The van der Waals surface area contributed by atoms with E-state index in [0.717, 1.165) is 39.4 Å². The quantitative estimate of drug-likeness (QED) is 0.544. The minimum atomic E-state index is 0.573. The van der Waals surface area contributed by atoms with Crippen molar-refractivity contribution < 1.29 is 9.47 Å². The minimum absolute atomic E-state index is 0.573. The molecular weight excluding hydrogens is 192 g/mol. The molecule has 0 aliphatic carbocycles. The maximum atomic E-state index is 5.09. The lowest BCUT2D eigenvalue weighted by Gasteiger charge is -2.26. The Labute approximate surface area is 93.9 Å². The second-order valence-corrected chi connectivity index (χ2v) is 3.87. The van der Waals surface area contributed by atoms with Crippen molar-refractivity contribution in [2.75, 3.05) is 53.6 Å². The zero-order chi connectivity index (χ0) is 11.5. The van der Waals surface area contributed by atoms with E-state index in [4.69, 9.17) is 9.47 Å². The first-order valence-electron chi connectivity index (χ1n) is 5.65. The fourth-order valence-electron chi connectivity index (χ4n) is 1.36. The third-order valence-corrected chi connectivity index (χ3v) is 2.37. The Morgan fingerprint density at radius 3 is 2.20 bits per heavy atom. The van der Waals surface area contributed by atoms with Crippen molar-refractivity contribution in [1.82, 2.24) is 10.2 Å². The van der Waals surface area contributed by atoms with E-state index in [-0.39, 0.29) is 0 Å². The molecule has 0 rings (SSSR count). The van der Waals surface area contributed by atoms with E-state index in [1.54, 1.807) is 14.2 Å². The van der Waals surface area contributed by atoms with E-state index in [1.165, 1.54) is 0 Å². The molecule has 15 heavy (non-hydrogen) atoms. The highest BCUT2D eigenvalue weighted by Crippen LogP contribution is 1.96. The van der Waals surface area contributed by atoms with Gasteiger partial charge in [0.15, 0.2) is 0 Å². The minimum Gasteiger partial charge on any atom is -0.383 e. The summed E-state index contributed by atoms with van der Waals surface area (Å²) in [4.78, 5) is 2.41. The molecule has 0 unspecified atom stereocenters. The summed E-state index contributed by atoms with van der Waals surface area (Å²) >= 11 is 0. The molecule has 0 amide bonds. The van der Waals surface area contributed by atoms with Gasteiger partial charge in [-0.15, -0.1) is 0 Å². The summed E-state index contributed by atoms with van der Waals surface area (Å²) in [5.74, 6) is 0. The van der Waals surface area contributed by atoms with Crippen molar-refractivity contribution in [3.63, 3.8) is 0 Å². The van der Waals surface area contributed by atoms with Gasteiger partial charge in [-0.2, -0.15) is 0 Å². The predicted octanol–water partition coefficient (Wildman–Crippen LogP) is 0.579. The van der Waals surface area contributed by atoms with Gasteiger partial charge in [-0.1, -0.05) is 0 Å². The van der Waals surface area contributed by atoms with Gasteiger partial charge in [0.1, 0.15) is 0 Å². The van der Waals surface area contributed by atoms with Crippen molar-refractivity contribution >= 4 is 0 Å². The molecule has 4 nitrogen and oxygen atoms in total. The van der Waals surface area contributed by atoms with Crippen molar-refractivity contribution in [2.24, 2.45) is 0 Å². The number of hydrogen-bond acceptors (Lipinski definition) is 4. The van der Waals surface area contributed by atoms with E-state index in [9.17, 15) is 0 Å². The molecule has 0 saturated carbocycles. The Hall–Kier alpha value is -0.160. The van der Waals surface area contributed by atoms with E-state index in [2.05, 4.69) is 24.1 Å². The average Bonchev–Trinajstić information content (AvgIpc) is 2.21. The Balaban J connectivity index is 3.48. The van der Waals surface area contributed by atoms with Crippen LogP contribution in [-0.4, -0.2) is 64.6 Å². The topological polar surface area (TPSA) is 33.7 Å². The number of hydrogen-bond donors (Lipinski definition) is 1. The summed E-state index contributed by atoms with van der Waals surface area (Å²) in [7, 11) is 3.47. The Morgan fingerprint density at radius 2 is 1.67 bits per heavy atom. The lowest BCUT2D eigenvalue weighted by molar-refractivity contribution is 0.129. The van der Waals surface area contributed by atoms with Gasteiger partial charge in [-0.05, 0) is 13.8 Å². The normalized spacial score (nSPS) is 11.6. The molecule has 0 aromatic carbocycles. The largest absolute Gasteiger partial charge is 0.383 e. The first-order valence-corrected chi connectivity index (χ1v) is 5.65. The van der Waals surface area contributed by atoms with Gasteiger partial charge < -0.3 is 14.8 Å². The van der Waals surface area contributed by atoms with Gasteiger partial charge >= 0.3 is 0 Å². The SMILES string of the molecule is COCCNCCN(CCOC)C(C)C. The highest BCUT2D eigenvalue weighted by molar-refractivity contribution is 4.63. The Bertz CT molecular complexity index is 132. The average molecular weight is 218 g/mol. The van der Waals surface area contributed by atoms with Gasteiger partial charge in [-0.25, -0.2) is 0 Å². The number of rotatable bonds is 10. The smallest absolute Gasteiger partial charge is 0.0589 e. The number of methoxy groups -OCH3 is 2. The van der Waals surface area contributed by atoms with Crippen LogP contribution in [0.25, 0.3) is 0 Å². The zero-order valence-electron chi connectivity index (χ0n) is 10.6. The van der Waals surface area contributed by atoms with E-state index < -0.39 is 0 Å². The fourth-order valence-corrected chi connectivity index (χ4v) is 1.36. The summed E-state index contributed by atoms with van der Waals surface area (Å²) in [6, 6.07) is 0.573. The van der Waals surface area contributed by atoms with Crippen molar-refractivity contribution in [3.8, 4) is 0 Å². The summed E-state index contributed by atoms with van der Waals surface area (Å²) in [5.41, 5.74) is 0. The van der Waals surface area contributed by atoms with Gasteiger partial charge in [0, 0.05) is 46.4 Å². The molecule has 1 N–H and O–H groups in total. The molecule has 0 aromatic heterocycles. The van der Waals surface area contributed by atoms with E-state index >= 15 is 0 Å². The lowest BCUT2D eigenvalue weighted by Crippen LogP contribution is -2.39. The molecule has 92 valence electrons. The van der Waals surface area contributed by atoms with Crippen LogP contribution in [0.2, 0.25) is 0 Å². The molecule has 4 heteroatoms. The summed E-state index contributed by atoms with van der Waals surface area (Å²) in [5, 5.41) is 3.34. The van der Waals surface area contributed by atoms with Gasteiger partial charge in [0.2, 0.25) is 0 Å². The molecule has 0 fully saturated rings. The maximum Gasteiger partial charge on any atom is 0.0589 e. The second-order valence-electron chi connectivity index (χ2n) is 3.87. The van der Waals surface area contributed by atoms with Crippen molar-refractivity contribution in [3.05, 3.63) is 0 Å². The van der Waals surface area contributed by atoms with Crippen LogP contribution in [0.5, 0.6) is 0 Å². The van der Waals surface area contributed by atoms with Crippen LogP contribution < -0.4 is 5.32 Å². The van der Waals surface area contributed by atoms with Crippen LogP contribution in [0.4, 0.5) is 0 Å². The molecule has 0 saturated heterocycles. The number of nitrogens with one attached hydrogen (secondary N) is 1. The molecule has 0 bridgehead atoms. The fraction of sp³-hybridized carbons (Fsp3) is 1.00. The molecule has 0 atom stereocenters. The standard InChI is InChI=1S/C11H26N2O2/c1-11(2)13(8-10-15-4)7-5-12-6-9-14-3/h11-12H,5-10H2,1-4H3. The molecule has 0 aliphatic rings. The molecular formula is C11H26N2O2. The highest BCUT2D eigenvalue weighted by Gasteiger charge is 2.07. The Kier molecular flexibility index (Phi) is 10.3. The lowest BCUT2D eigenvalue weighted by atomic mass is 10.3. The molecule has 0 aromatic rings. The van der Waals surface area contributed by atoms with Crippen LogP contribution in [0.3, 0.4) is 0 Å². The third kappa shape index (κ3) is 8.81. The first kappa shape index (κ1) is 14.8. The van der Waals surface area contributed by atoms with Gasteiger partial charge in [0.05, 0.1) is 13.2 Å². The molecule has 0 spiro atoms. The van der Waals surface area contributed by atoms with Crippen LogP contribution in [0.1, 0.15) is 13.8 Å².